The van der Waals surface area contributed by atoms with E-state index in [0.29, 0.717) is 11.6 Å². The SMILES string of the molecule is CNC1CN(C2=CC(N)(Cc3cc(F)cc(F)c3)N=C(N)N2)C1. The van der Waals surface area contributed by atoms with Crippen LogP contribution in [0.4, 0.5) is 8.78 Å². The van der Waals surface area contributed by atoms with Crippen molar-refractivity contribution in [2.24, 2.45) is 16.5 Å². The van der Waals surface area contributed by atoms with Crippen molar-refractivity contribution in [1.82, 2.24) is 15.5 Å². The summed E-state index contributed by atoms with van der Waals surface area (Å²) >= 11 is 0. The van der Waals surface area contributed by atoms with E-state index >= 15 is 0 Å². The number of nitrogens with two attached hydrogens (primary N) is 2. The molecule has 0 aliphatic carbocycles. The molecular weight excluding hydrogens is 302 g/mol. The highest BCUT2D eigenvalue weighted by Crippen LogP contribution is 2.23. The number of rotatable bonds is 4. The Hall–Kier alpha value is -2.19. The van der Waals surface area contributed by atoms with Gasteiger partial charge in [0.05, 0.1) is 0 Å². The van der Waals surface area contributed by atoms with Gasteiger partial charge in [-0.25, -0.2) is 13.8 Å². The zero-order valence-electron chi connectivity index (χ0n) is 12.8. The molecule has 0 saturated carbocycles. The number of aliphatic imine (C=N–C) groups is 1. The molecule has 6 N–H and O–H groups in total. The third-order valence-corrected chi connectivity index (χ3v) is 4.01. The summed E-state index contributed by atoms with van der Waals surface area (Å²) in [6.45, 7) is 1.65. The van der Waals surface area contributed by atoms with Gasteiger partial charge in [-0.05, 0) is 30.8 Å². The molecule has 2 aliphatic heterocycles. The van der Waals surface area contributed by atoms with E-state index in [1.54, 1.807) is 6.08 Å². The van der Waals surface area contributed by atoms with Crippen LogP contribution in [0.3, 0.4) is 0 Å². The number of nitrogens with one attached hydrogen (secondary N) is 2. The molecule has 6 nitrogen and oxygen atoms in total. The van der Waals surface area contributed by atoms with Gasteiger partial charge >= 0.3 is 0 Å². The molecule has 1 fully saturated rings. The fraction of sp³-hybridized carbons (Fsp3) is 0.400. The van der Waals surface area contributed by atoms with Crippen molar-refractivity contribution in [2.45, 2.75) is 18.1 Å². The lowest BCUT2D eigenvalue weighted by atomic mass is 9.98. The van der Waals surface area contributed by atoms with Crippen LogP contribution >= 0.6 is 0 Å². The van der Waals surface area contributed by atoms with E-state index < -0.39 is 17.3 Å². The number of likely N-dealkylation sites (N-methyl/N-ethyl adjacent to an activating group) is 1. The van der Waals surface area contributed by atoms with Crippen LogP contribution in [-0.4, -0.2) is 42.7 Å². The van der Waals surface area contributed by atoms with E-state index in [1.807, 2.05) is 7.05 Å². The van der Waals surface area contributed by atoms with Crippen molar-refractivity contribution >= 4 is 5.96 Å². The van der Waals surface area contributed by atoms with Gasteiger partial charge in [-0.3, -0.25) is 0 Å². The van der Waals surface area contributed by atoms with Crippen LogP contribution < -0.4 is 22.1 Å². The average Bonchev–Trinajstić information content (AvgIpc) is 2.34. The van der Waals surface area contributed by atoms with Crippen molar-refractivity contribution < 1.29 is 8.78 Å². The van der Waals surface area contributed by atoms with E-state index in [0.717, 1.165) is 25.0 Å². The van der Waals surface area contributed by atoms with Gasteiger partial charge in [-0.1, -0.05) is 0 Å². The second-order valence-corrected chi connectivity index (χ2v) is 5.99. The minimum Gasteiger partial charge on any atom is -0.370 e. The van der Waals surface area contributed by atoms with Crippen LogP contribution in [0.1, 0.15) is 5.56 Å². The van der Waals surface area contributed by atoms with Crippen LogP contribution in [0.5, 0.6) is 0 Å². The molecule has 124 valence electrons. The lowest BCUT2D eigenvalue weighted by Crippen LogP contribution is -2.60. The number of hydrogen-bond acceptors (Lipinski definition) is 6. The molecule has 1 aromatic carbocycles. The number of benzene rings is 1. The number of likely N-dealkylation sites (tertiary alicyclic amines) is 1. The monoisotopic (exact) mass is 322 g/mol. The molecule has 1 atom stereocenters. The summed E-state index contributed by atoms with van der Waals surface area (Å²) < 4.78 is 26.7. The summed E-state index contributed by atoms with van der Waals surface area (Å²) in [5.74, 6) is -0.324. The molecular formula is C15H20F2N6. The Labute approximate surface area is 133 Å². The summed E-state index contributed by atoms with van der Waals surface area (Å²) in [5.41, 5.74) is 11.4. The van der Waals surface area contributed by atoms with Crippen molar-refractivity contribution in [3.8, 4) is 0 Å². The fourth-order valence-electron chi connectivity index (χ4n) is 2.85. The Morgan fingerprint density at radius 1 is 1.35 bits per heavy atom. The van der Waals surface area contributed by atoms with E-state index in [2.05, 4.69) is 20.5 Å². The Bertz CT molecular complexity index is 648. The van der Waals surface area contributed by atoms with Crippen molar-refractivity contribution in [2.75, 3.05) is 20.1 Å². The molecule has 0 aromatic heterocycles. The smallest absolute Gasteiger partial charge is 0.196 e. The third-order valence-electron chi connectivity index (χ3n) is 4.01. The topological polar surface area (TPSA) is 91.7 Å². The molecule has 0 radical (unpaired) electrons. The maximum Gasteiger partial charge on any atom is 0.196 e. The molecule has 3 rings (SSSR count). The van der Waals surface area contributed by atoms with Gasteiger partial charge in [0.25, 0.3) is 0 Å². The molecule has 0 amide bonds. The summed E-state index contributed by atoms with van der Waals surface area (Å²) in [4.78, 5) is 6.28. The first-order valence-corrected chi connectivity index (χ1v) is 7.38. The fourth-order valence-corrected chi connectivity index (χ4v) is 2.85. The van der Waals surface area contributed by atoms with Gasteiger partial charge in [-0.15, -0.1) is 0 Å². The van der Waals surface area contributed by atoms with Crippen LogP contribution in [-0.2, 0) is 6.42 Å². The molecule has 23 heavy (non-hydrogen) atoms. The minimum atomic E-state index is -1.14. The highest BCUT2D eigenvalue weighted by molar-refractivity contribution is 5.81. The first-order valence-electron chi connectivity index (χ1n) is 7.38. The maximum absolute atomic E-state index is 13.4. The van der Waals surface area contributed by atoms with Crippen molar-refractivity contribution in [3.63, 3.8) is 0 Å². The number of guanidine groups is 1. The number of nitrogens with zero attached hydrogens (tertiary/aromatic N) is 2. The molecule has 1 aromatic rings. The summed E-state index contributed by atoms with van der Waals surface area (Å²) in [6.07, 6.45) is 1.90. The van der Waals surface area contributed by atoms with Crippen LogP contribution in [0.15, 0.2) is 35.1 Å². The van der Waals surface area contributed by atoms with E-state index in [4.69, 9.17) is 11.5 Å². The average molecular weight is 322 g/mol. The molecule has 8 heteroatoms. The standard InChI is InChI=1S/C15H20F2N6/c1-20-12-7-23(8-12)13-6-15(19,22-14(18)21-13)5-9-2-10(16)4-11(17)3-9/h2-4,6,12,20H,5,7-8,19H2,1H3,(H3,18,21,22). The largest absolute Gasteiger partial charge is 0.370 e. The Morgan fingerprint density at radius 2 is 2.00 bits per heavy atom. The highest BCUT2D eigenvalue weighted by Gasteiger charge is 2.33. The summed E-state index contributed by atoms with van der Waals surface area (Å²) in [7, 11) is 1.91. The van der Waals surface area contributed by atoms with Gasteiger partial charge in [0, 0.05) is 31.6 Å². The Balaban J connectivity index is 1.80. The van der Waals surface area contributed by atoms with E-state index in [9.17, 15) is 8.78 Å². The van der Waals surface area contributed by atoms with Gasteiger partial charge in [0.1, 0.15) is 23.1 Å². The van der Waals surface area contributed by atoms with Gasteiger partial charge in [0.2, 0.25) is 0 Å². The first kappa shape index (κ1) is 15.7. The second kappa shape index (κ2) is 5.78. The molecule has 0 spiro atoms. The molecule has 1 saturated heterocycles. The number of halogens is 2. The molecule has 0 bridgehead atoms. The Morgan fingerprint density at radius 3 is 2.61 bits per heavy atom. The highest BCUT2D eigenvalue weighted by atomic mass is 19.1. The molecule has 2 heterocycles. The Kier molecular flexibility index (Phi) is 3.95. The van der Waals surface area contributed by atoms with Gasteiger partial charge < -0.3 is 27.0 Å². The number of hydrogen-bond donors (Lipinski definition) is 4. The quantitative estimate of drug-likeness (QED) is 0.618. The second-order valence-electron chi connectivity index (χ2n) is 5.99. The predicted octanol–water partition coefficient (Wildman–Crippen LogP) is -0.175. The third kappa shape index (κ3) is 3.43. The summed E-state index contributed by atoms with van der Waals surface area (Å²) in [5, 5.41) is 6.17. The normalized spacial score (nSPS) is 24.6. The first-order chi connectivity index (χ1) is 10.9. The van der Waals surface area contributed by atoms with E-state index in [1.165, 1.54) is 12.1 Å². The van der Waals surface area contributed by atoms with Gasteiger partial charge in [-0.2, -0.15) is 0 Å². The maximum atomic E-state index is 13.4. The lowest BCUT2D eigenvalue weighted by molar-refractivity contribution is 0.167. The predicted molar refractivity (Wildman–Crippen MR) is 84.2 cm³/mol. The summed E-state index contributed by atoms with van der Waals surface area (Å²) in [6, 6.07) is 3.74. The zero-order chi connectivity index (χ0) is 16.6. The van der Waals surface area contributed by atoms with Gasteiger partial charge in [0.15, 0.2) is 5.96 Å². The van der Waals surface area contributed by atoms with E-state index in [-0.39, 0.29) is 12.4 Å². The minimum absolute atomic E-state index is 0.150. The van der Waals surface area contributed by atoms with Crippen LogP contribution in [0.25, 0.3) is 0 Å². The molecule has 2 aliphatic rings. The van der Waals surface area contributed by atoms with Crippen molar-refractivity contribution in [1.29, 1.82) is 0 Å². The molecule has 1 unspecified atom stereocenters. The van der Waals surface area contributed by atoms with Crippen LogP contribution in [0.2, 0.25) is 0 Å². The lowest BCUT2D eigenvalue weighted by Gasteiger charge is -2.44. The van der Waals surface area contributed by atoms with Crippen LogP contribution in [0, 0.1) is 11.6 Å². The zero-order valence-corrected chi connectivity index (χ0v) is 12.8. The van der Waals surface area contributed by atoms with Crippen molar-refractivity contribution in [3.05, 3.63) is 47.3 Å².